The summed E-state index contributed by atoms with van der Waals surface area (Å²) in [6.07, 6.45) is 0.282. The largest absolute Gasteiger partial charge is 0.356 e. The Balaban J connectivity index is 2.48. The van der Waals surface area contributed by atoms with Gasteiger partial charge in [0.15, 0.2) is 0 Å². The number of nitrogens with zero attached hydrogens (tertiary/aromatic N) is 1. The molecule has 0 radical (unpaired) electrons. The quantitative estimate of drug-likeness (QED) is 0.444. The smallest absolute Gasteiger partial charge is 0.305 e. The minimum absolute atomic E-state index is 0.0884. The van der Waals surface area contributed by atoms with Gasteiger partial charge in [0.05, 0.1) is 4.92 Å². The normalized spacial score (nSPS) is 10.2. The minimum atomic E-state index is -0.835. The first-order chi connectivity index (χ1) is 9.06. The molecule has 1 rings (SSSR count). The summed E-state index contributed by atoms with van der Waals surface area (Å²) in [5, 5.41) is 16.1. The Labute approximate surface area is 110 Å². The van der Waals surface area contributed by atoms with Crippen molar-refractivity contribution >= 4 is 11.6 Å². The van der Waals surface area contributed by atoms with Crippen LogP contribution in [0.2, 0.25) is 0 Å². The van der Waals surface area contributed by atoms with Gasteiger partial charge >= 0.3 is 5.69 Å². The fraction of sp³-hybridized carbons (Fsp3) is 0.417. The third-order valence-corrected chi connectivity index (χ3v) is 2.47. The SMILES string of the molecule is CCNC(=O)CCNCc1cccc([N+](=O)[O-])c1F. The van der Waals surface area contributed by atoms with E-state index in [2.05, 4.69) is 10.6 Å². The van der Waals surface area contributed by atoms with E-state index in [1.807, 2.05) is 6.92 Å². The fourth-order valence-electron chi connectivity index (χ4n) is 1.55. The molecule has 0 saturated heterocycles. The third-order valence-electron chi connectivity index (χ3n) is 2.47. The molecule has 0 heterocycles. The molecular weight excluding hydrogens is 253 g/mol. The van der Waals surface area contributed by atoms with Crippen LogP contribution >= 0.6 is 0 Å². The van der Waals surface area contributed by atoms with Crippen molar-refractivity contribution in [2.75, 3.05) is 13.1 Å². The van der Waals surface area contributed by atoms with E-state index < -0.39 is 16.4 Å². The van der Waals surface area contributed by atoms with Crippen molar-refractivity contribution in [2.24, 2.45) is 0 Å². The van der Waals surface area contributed by atoms with Crippen LogP contribution in [0.4, 0.5) is 10.1 Å². The highest BCUT2D eigenvalue weighted by Gasteiger charge is 2.16. The summed E-state index contributed by atoms with van der Waals surface area (Å²) in [6.45, 7) is 2.92. The van der Waals surface area contributed by atoms with Crippen LogP contribution in [-0.2, 0) is 11.3 Å². The van der Waals surface area contributed by atoms with Gasteiger partial charge in [-0.25, -0.2) is 0 Å². The average Bonchev–Trinajstić information content (AvgIpc) is 2.36. The monoisotopic (exact) mass is 269 g/mol. The highest BCUT2D eigenvalue weighted by atomic mass is 19.1. The van der Waals surface area contributed by atoms with Crippen molar-refractivity contribution in [3.63, 3.8) is 0 Å². The first kappa shape index (κ1) is 15.0. The number of nitrogens with one attached hydrogen (secondary N) is 2. The lowest BCUT2D eigenvalue weighted by atomic mass is 10.2. The molecular formula is C12H16FN3O3. The number of nitro groups is 1. The molecule has 7 heteroatoms. The highest BCUT2D eigenvalue weighted by molar-refractivity contribution is 5.75. The van der Waals surface area contributed by atoms with Gasteiger partial charge in [-0.05, 0) is 6.92 Å². The zero-order valence-corrected chi connectivity index (χ0v) is 10.6. The van der Waals surface area contributed by atoms with Gasteiger partial charge in [-0.2, -0.15) is 4.39 Å². The van der Waals surface area contributed by atoms with E-state index in [0.29, 0.717) is 13.1 Å². The van der Waals surface area contributed by atoms with Crippen LogP contribution in [-0.4, -0.2) is 23.9 Å². The molecule has 0 spiro atoms. The second kappa shape index (κ2) is 7.42. The van der Waals surface area contributed by atoms with Gasteiger partial charge in [0.25, 0.3) is 0 Å². The number of halogens is 1. The summed E-state index contributed by atoms with van der Waals surface area (Å²) in [5.41, 5.74) is -0.326. The van der Waals surface area contributed by atoms with Crippen molar-refractivity contribution < 1.29 is 14.1 Å². The van der Waals surface area contributed by atoms with Crippen molar-refractivity contribution in [1.82, 2.24) is 10.6 Å². The number of hydrogen-bond donors (Lipinski definition) is 2. The summed E-state index contributed by atoms with van der Waals surface area (Å²) < 4.78 is 13.7. The average molecular weight is 269 g/mol. The van der Waals surface area contributed by atoms with Gasteiger partial charge in [-0.1, -0.05) is 12.1 Å². The second-order valence-electron chi connectivity index (χ2n) is 3.89. The Morgan fingerprint density at radius 3 is 2.84 bits per heavy atom. The number of nitro benzene ring substituents is 1. The maximum absolute atomic E-state index is 13.7. The Bertz CT molecular complexity index is 466. The van der Waals surface area contributed by atoms with Crippen molar-refractivity contribution in [3.05, 3.63) is 39.7 Å². The summed E-state index contributed by atoms with van der Waals surface area (Å²) in [7, 11) is 0. The Hall–Kier alpha value is -2.02. The van der Waals surface area contributed by atoms with Crippen LogP contribution in [0, 0.1) is 15.9 Å². The Kier molecular flexibility index (Phi) is 5.87. The molecule has 2 N–H and O–H groups in total. The van der Waals surface area contributed by atoms with Gasteiger partial charge < -0.3 is 10.6 Å². The second-order valence-corrected chi connectivity index (χ2v) is 3.89. The van der Waals surface area contributed by atoms with Crippen LogP contribution < -0.4 is 10.6 Å². The molecule has 0 fully saturated rings. The van der Waals surface area contributed by atoms with Crippen LogP contribution in [0.25, 0.3) is 0 Å². The molecule has 1 aromatic carbocycles. The van der Waals surface area contributed by atoms with E-state index in [1.165, 1.54) is 12.1 Å². The molecule has 0 unspecified atom stereocenters. The number of rotatable bonds is 7. The number of benzene rings is 1. The summed E-state index contributed by atoms with van der Waals surface area (Å²) in [4.78, 5) is 21.0. The summed E-state index contributed by atoms with van der Waals surface area (Å²) >= 11 is 0. The zero-order chi connectivity index (χ0) is 14.3. The third kappa shape index (κ3) is 4.63. The van der Waals surface area contributed by atoms with E-state index >= 15 is 0 Å². The number of carbonyl (C=O) groups is 1. The van der Waals surface area contributed by atoms with Crippen LogP contribution in [0.3, 0.4) is 0 Å². The van der Waals surface area contributed by atoms with Gasteiger partial charge in [0, 0.05) is 37.7 Å². The zero-order valence-electron chi connectivity index (χ0n) is 10.6. The summed E-state index contributed by atoms with van der Waals surface area (Å²) in [6, 6.07) is 4.02. The minimum Gasteiger partial charge on any atom is -0.356 e. The van der Waals surface area contributed by atoms with Crippen LogP contribution in [0.1, 0.15) is 18.9 Å². The topological polar surface area (TPSA) is 84.3 Å². The molecule has 0 aliphatic carbocycles. The predicted molar refractivity (Wildman–Crippen MR) is 68.1 cm³/mol. The standard InChI is InChI=1S/C12H16FN3O3/c1-2-15-11(17)6-7-14-8-9-4-3-5-10(12(9)13)16(18)19/h3-5,14H,2,6-8H2,1H3,(H,15,17). The molecule has 0 saturated carbocycles. The molecule has 0 bridgehead atoms. The maximum Gasteiger partial charge on any atom is 0.305 e. The first-order valence-electron chi connectivity index (χ1n) is 5.95. The highest BCUT2D eigenvalue weighted by Crippen LogP contribution is 2.19. The van der Waals surface area contributed by atoms with Crippen molar-refractivity contribution in [1.29, 1.82) is 0 Å². The molecule has 6 nitrogen and oxygen atoms in total. The van der Waals surface area contributed by atoms with Gasteiger partial charge in [0.2, 0.25) is 11.7 Å². The van der Waals surface area contributed by atoms with Gasteiger partial charge in [-0.15, -0.1) is 0 Å². The lowest BCUT2D eigenvalue weighted by Gasteiger charge is -2.06. The van der Waals surface area contributed by atoms with Crippen LogP contribution in [0.5, 0.6) is 0 Å². The molecule has 104 valence electrons. The van der Waals surface area contributed by atoms with Crippen LogP contribution in [0.15, 0.2) is 18.2 Å². The van der Waals surface area contributed by atoms with E-state index in [-0.39, 0.29) is 24.4 Å². The van der Waals surface area contributed by atoms with E-state index in [0.717, 1.165) is 6.07 Å². The summed E-state index contributed by atoms with van der Waals surface area (Å²) in [5.74, 6) is -0.924. The fourth-order valence-corrected chi connectivity index (χ4v) is 1.55. The number of carbonyl (C=O) groups excluding carboxylic acids is 1. The Morgan fingerprint density at radius 1 is 1.47 bits per heavy atom. The molecule has 1 amide bonds. The number of amides is 1. The van der Waals surface area contributed by atoms with E-state index in [9.17, 15) is 19.3 Å². The lowest BCUT2D eigenvalue weighted by Crippen LogP contribution is -2.27. The number of hydrogen-bond acceptors (Lipinski definition) is 4. The van der Waals surface area contributed by atoms with E-state index in [1.54, 1.807) is 0 Å². The Morgan fingerprint density at radius 2 is 2.21 bits per heavy atom. The molecule has 19 heavy (non-hydrogen) atoms. The lowest BCUT2D eigenvalue weighted by molar-refractivity contribution is -0.387. The molecule has 0 atom stereocenters. The molecule has 0 aromatic heterocycles. The molecule has 1 aromatic rings. The van der Waals surface area contributed by atoms with Crippen molar-refractivity contribution in [2.45, 2.75) is 19.9 Å². The first-order valence-corrected chi connectivity index (χ1v) is 5.95. The van der Waals surface area contributed by atoms with Crippen molar-refractivity contribution in [3.8, 4) is 0 Å². The predicted octanol–water partition coefficient (Wildman–Crippen LogP) is 1.35. The molecule has 0 aliphatic heterocycles. The van der Waals surface area contributed by atoms with E-state index in [4.69, 9.17) is 0 Å². The van der Waals surface area contributed by atoms with Gasteiger partial charge in [0.1, 0.15) is 0 Å². The maximum atomic E-state index is 13.7. The van der Waals surface area contributed by atoms with Gasteiger partial charge in [-0.3, -0.25) is 14.9 Å². The molecule has 0 aliphatic rings.